The summed E-state index contributed by atoms with van der Waals surface area (Å²) in [6.45, 7) is 10.8. The van der Waals surface area contributed by atoms with Gasteiger partial charge in [0.15, 0.2) is 0 Å². The number of carbonyl (C=O) groups excluding carboxylic acids is 4. The third kappa shape index (κ3) is 14.2. The van der Waals surface area contributed by atoms with Crippen LogP contribution in [-0.2, 0) is 28.7 Å². The monoisotopic (exact) mass is 578 g/mol. The van der Waals surface area contributed by atoms with Gasteiger partial charge in [-0.2, -0.15) is 10.2 Å². The summed E-state index contributed by atoms with van der Waals surface area (Å²) >= 11 is 0. The average molecular weight is 579 g/mol. The average Bonchev–Trinajstić information content (AvgIpc) is 2.96. The number of hydrogen-bond acceptors (Lipinski definition) is 10. The molecule has 0 aliphatic carbocycles. The number of rotatable bonds is 18. The van der Waals surface area contributed by atoms with Crippen LogP contribution < -0.4 is 9.47 Å². The van der Waals surface area contributed by atoms with Gasteiger partial charge in [0.2, 0.25) is 0 Å². The van der Waals surface area contributed by atoms with Crippen LogP contribution in [0.25, 0.3) is 0 Å². The van der Waals surface area contributed by atoms with Gasteiger partial charge in [-0.15, -0.1) is 0 Å². The van der Waals surface area contributed by atoms with Crippen molar-refractivity contribution in [3.05, 3.63) is 72.8 Å². The first-order valence-corrected chi connectivity index (χ1v) is 13.8. The molecule has 0 fully saturated rings. The van der Waals surface area contributed by atoms with E-state index in [4.69, 9.17) is 18.9 Å². The topological polar surface area (TPSA) is 130 Å². The second-order valence-corrected chi connectivity index (χ2v) is 9.59. The normalized spacial score (nSPS) is 10.6. The third-order valence-corrected chi connectivity index (χ3v) is 5.63. The molecule has 0 heterocycles. The Morgan fingerprint density at radius 1 is 0.571 bits per heavy atom. The molecule has 0 atom stereocenters. The van der Waals surface area contributed by atoms with Crippen LogP contribution in [0.15, 0.2) is 83.1 Å². The number of esters is 4. The molecule has 2 aromatic carbocycles. The molecule has 0 radical (unpaired) electrons. The molecule has 0 bridgehead atoms. The highest BCUT2D eigenvalue weighted by Gasteiger charge is 2.08. The Bertz CT molecular complexity index is 1150. The maximum Gasteiger partial charge on any atom is 0.333 e. The smallest absolute Gasteiger partial charge is 0.333 e. The van der Waals surface area contributed by atoms with E-state index >= 15 is 0 Å². The molecule has 2 rings (SSSR count). The summed E-state index contributed by atoms with van der Waals surface area (Å²) in [5.74, 6) is -0.680. The molecule has 0 aliphatic heterocycles. The Hall–Kier alpha value is -4.60. The van der Waals surface area contributed by atoms with Crippen LogP contribution in [0.1, 0.15) is 65.2 Å². The third-order valence-electron chi connectivity index (χ3n) is 5.63. The van der Waals surface area contributed by atoms with Crippen molar-refractivity contribution in [3.8, 4) is 11.5 Å². The molecule has 0 unspecified atom stereocenters. The first-order valence-electron chi connectivity index (χ1n) is 13.8. The quantitative estimate of drug-likeness (QED) is 0.0593. The van der Waals surface area contributed by atoms with Crippen molar-refractivity contribution in [3.63, 3.8) is 0 Å². The van der Waals surface area contributed by atoms with E-state index in [0.29, 0.717) is 72.9 Å². The SMILES string of the molecule is C=C(C)C(=O)OCCCCCC(=O)Oc1ccc(N=Nc2ccc(OC(=O)CCCCCOC(=O)C(=C)C)cc2)cc1. The van der Waals surface area contributed by atoms with Gasteiger partial charge < -0.3 is 18.9 Å². The van der Waals surface area contributed by atoms with E-state index in [1.165, 1.54) is 0 Å². The number of nitrogens with zero attached hydrogens (tertiary/aromatic N) is 2. The molecule has 0 aliphatic rings. The maximum absolute atomic E-state index is 12.1. The second kappa shape index (κ2) is 18.7. The van der Waals surface area contributed by atoms with Crippen LogP contribution in [0.3, 0.4) is 0 Å². The van der Waals surface area contributed by atoms with Gasteiger partial charge in [-0.3, -0.25) is 9.59 Å². The number of benzene rings is 2. The molecule has 2 aromatic rings. The maximum atomic E-state index is 12.1. The minimum absolute atomic E-state index is 0.260. The Morgan fingerprint density at radius 2 is 0.929 bits per heavy atom. The fourth-order valence-corrected chi connectivity index (χ4v) is 3.31. The van der Waals surface area contributed by atoms with E-state index < -0.39 is 11.9 Å². The van der Waals surface area contributed by atoms with Crippen molar-refractivity contribution < 1.29 is 38.1 Å². The van der Waals surface area contributed by atoms with Crippen LogP contribution in [0.5, 0.6) is 11.5 Å². The van der Waals surface area contributed by atoms with E-state index in [2.05, 4.69) is 23.4 Å². The zero-order valence-corrected chi connectivity index (χ0v) is 24.3. The van der Waals surface area contributed by atoms with Gasteiger partial charge >= 0.3 is 23.9 Å². The molecule has 0 saturated heterocycles. The lowest BCUT2D eigenvalue weighted by molar-refractivity contribution is -0.140. The summed E-state index contributed by atoms with van der Waals surface area (Å²) in [5, 5.41) is 8.35. The van der Waals surface area contributed by atoms with Crippen LogP contribution in [0, 0.1) is 0 Å². The Balaban J connectivity index is 1.65. The summed E-state index contributed by atoms with van der Waals surface area (Å²) in [5.41, 5.74) is 1.87. The zero-order valence-electron chi connectivity index (χ0n) is 24.3. The summed E-state index contributed by atoms with van der Waals surface area (Å²) < 4.78 is 20.7. The summed E-state index contributed by atoms with van der Waals surface area (Å²) in [6, 6.07) is 13.3. The van der Waals surface area contributed by atoms with Gasteiger partial charge in [0, 0.05) is 24.0 Å². The summed E-state index contributed by atoms with van der Waals surface area (Å²) in [6.07, 6.45) is 4.58. The van der Waals surface area contributed by atoms with E-state index in [9.17, 15) is 19.2 Å². The highest BCUT2D eigenvalue weighted by molar-refractivity contribution is 5.87. The first-order chi connectivity index (χ1) is 20.1. The molecule has 10 nitrogen and oxygen atoms in total. The van der Waals surface area contributed by atoms with E-state index in [1.54, 1.807) is 62.4 Å². The Morgan fingerprint density at radius 3 is 1.26 bits per heavy atom. The van der Waals surface area contributed by atoms with Gasteiger partial charge in [-0.05, 0) is 101 Å². The van der Waals surface area contributed by atoms with Crippen LogP contribution in [0.2, 0.25) is 0 Å². The number of hydrogen-bond donors (Lipinski definition) is 0. The van der Waals surface area contributed by atoms with Gasteiger partial charge in [-0.1, -0.05) is 13.2 Å². The number of carbonyl (C=O) groups is 4. The molecule has 0 N–H and O–H groups in total. The first kappa shape index (κ1) is 33.6. The van der Waals surface area contributed by atoms with Crippen molar-refractivity contribution in [1.29, 1.82) is 0 Å². The van der Waals surface area contributed by atoms with Crippen molar-refractivity contribution in [2.24, 2.45) is 10.2 Å². The molecule has 10 heteroatoms. The van der Waals surface area contributed by atoms with Gasteiger partial charge in [0.05, 0.1) is 24.6 Å². The second-order valence-electron chi connectivity index (χ2n) is 9.59. The highest BCUT2D eigenvalue weighted by atomic mass is 16.5. The lowest BCUT2D eigenvalue weighted by Crippen LogP contribution is -2.08. The predicted octanol–water partition coefficient (Wildman–Crippen LogP) is 7.27. The molecule has 224 valence electrons. The molecule has 0 saturated carbocycles. The van der Waals surface area contributed by atoms with Crippen molar-refractivity contribution >= 4 is 35.3 Å². The van der Waals surface area contributed by atoms with E-state index in [0.717, 1.165) is 12.8 Å². The Labute approximate surface area is 246 Å². The summed E-state index contributed by atoms with van der Waals surface area (Å²) in [4.78, 5) is 46.7. The van der Waals surface area contributed by atoms with Gasteiger partial charge in [0.25, 0.3) is 0 Å². The fourth-order valence-electron chi connectivity index (χ4n) is 3.31. The van der Waals surface area contributed by atoms with Gasteiger partial charge in [-0.25, -0.2) is 9.59 Å². The largest absolute Gasteiger partial charge is 0.462 e. The summed E-state index contributed by atoms with van der Waals surface area (Å²) in [7, 11) is 0. The van der Waals surface area contributed by atoms with Crippen LogP contribution in [-0.4, -0.2) is 37.1 Å². The Kier molecular flexibility index (Phi) is 15.0. The molecule has 0 aromatic heterocycles. The van der Waals surface area contributed by atoms with Crippen molar-refractivity contribution in [2.75, 3.05) is 13.2 Å². The highest BCUT2D eigenvalue weighted by Crippen LogP contribution is 2.23. The van der Waals surface area contributed by atoms with Crippen molar-refractivity contribution in [1.82, 2.24) is 0 Å². The number of azo groups is 1. The molecule has 42 heavy (non-hydrogen) atoms. The van der Waals surface area contributed by atoms with Gasteiger partial charge in [0.1, 0.15) is 11.5 Å². The molecular formula is C32H38N2O8. The lowest BCUT2D eigenvalue weighted by atomic mass is 10.2. The van der Waals surface area contributed by atoms with Crippen LogP contribution >= 0.6 is 0 Å². The number of unbranched alkanes of at least 4 members (excludes halogenated alkanes) is 4. The molecular weight excluding hydrogens is 540 g/mol. The van der Waals surface area contributed by atoms with Crippen molar-refractivity contribution in [2.45, 2.75) is 65.2 Å². The van der Waals surface area contributed by atoms with E-state index in [-0.39, 0.29) is 24.8 Å². The standard InChI is InChI=1S/C32H38N2O8/c1-23(2)31(37)39-21-9-5-7-11-29(35)41-27-17-13-25(14-18-27)33-34-26-15-19-28(20-16-26)42-30(36)12-8-6-10-22-40-32(38)24(3)4/h13-20H,1,3,5-12,21-22H2,2,4H3. The minimum Gasteiger partial charge on any atom is -0.462 e. The number of ether oxygens (including phenoxy) is 4. The van der Waals surface area contributed by atoms with E-state index in [1.807, 2.05) is 0 Å². The molecule has 0 spiro atoms. The van der Waals surface area contributed by atoms with Crippen LogP contribution in [0.4, 0.5) is 11.4 Å². The zero-order chi connectivity index (χ0) is 30.7. The predicted molar refractivity (Wildman–Crippen MR) is 157 cm³/mol. The molecule has 0 amide bonds. The minimum atomic E-state index is -0.407. The fraction of sp³-hybridized carbons (Fsp3) is 0.375. The lowest BCUT2D eigenvalue weighted by Gasteiger charge is -2.06.